The molecule has 0 radical (unpaired) electrons. The van der Waals surface area contributed by atoms with Gasteiger partial charge in [0.1, 0.15) is 5.78 Å². The average Bonchev–Trinajstić information content (AvgIpc) is 2.15. The van der Waals surface area contributed by atoms with Crippen molar-refractivity contribution in [2.45, 2.75) is 26.2 Å². The second kappa shape index (κ2) is 5.55. The molecule has 2 heteroatoms. The number of benzene rings is 1. The van der Waals surface area contributed by atoms with E-state index in [0.717, 1.165) is 5.56 Å². The van der Waals surface area contributed by atoms with Gasteiger partial charge in [0, 0.05) is 19.4 Å². The summed E-state index contributed by atoms with van der Waals surface area (Å²) in [6.07, 6.45) is 1.54. The summed E-state index contributed by atoms with van der Waals surface area (Å²) in [4.78, 5) is 11.4. The second-order valence-electron chi connectivity index (χ2n) is 3.53. The van der Waals surface area contributed by atoms with Crippen molar-refractivity contribution in [3.8, 4) is 0 Å². The Kier molecular flexibility index (Phi) is 4.33. The quantitative estimate of drug-likeness (QED) is 0.773. The first-order valence-corrected chi connectivity index (χ1v) is 4.90. The van der Waals surface area contributed by atoms with Crippen LogP contribution in [0.25, 0.3) is 0 Å². The Morgan fingerprint density at radius 1 is 1.43 bits per heavy atom. The van der Waals surface area contributed by atoms with Crippen LogP contribution >= 0.6 is 0 Å². The third-order valence-electron chi connectivity index (χ3n) is 2.10. The standard InChI is InChI=1S/C12H16O2/c1-10-4-2-5-11(8-10)9-12(14)6-3-7-13/h2,4-5,8,13H,3,6-7,9H2,1H3. The highest BCUT2D eigenvalue weighted by Crippen LogP contribution is 2.06. The van der Waals surface area contributed by atoms with Gasteiger partial charge in [-0.2, -0.15) is 0 Å². The number of aliphatic hydroxyl groups is 1. The van der Waals surface area contributed by atoms with E-state index in [9.17, 15) is 4.79 Å². The smallest absolute Gasteiger partial charge is 0.137 e. The number of hydrogen-bond acceptors (Lipinski definition) is 2. The van der Waals surface area contributed by atoms with E-state index in [1.165, 1.54) is 5.56 Å². The highest BCUT2D eigenvalue weighted by Gasteiger charge is 2.02. The van der Waals surface area contributed by atoms with Crippen molar-refractivity contribution in [2.24, 2.45) is 0 Å². The van der Waals surface area contributed by atoms with Gasteiger partial charge in [0.25, 0.3) is 0 Å². The minimum absolute atomic E-state index is 0.0968. The molecule has 0 unspecified atom stereocenters. The third-order valence-corrected chi connectivity index (χ3v) is 2.10. The van der Waals surface area contributed by atoms with E-state index < -0.39 is 0 Å². The topological polar surface area (TPSA) is 37.3 Å². The van der Waals surface area contributed by atoms with E-state index in [-0.39, 0.29) is 12.4 Å². The first-order valence-electron chi connectivity index (χ1n) is 4.90. The Hall–Kier alpha value is -1.15. The van der Waals surface area contributed by atoms with Crippen molar-refractivity contribution in [1.29, 1.82) is 0 Å². The van der Waals surface area contributed by atoms with Gasteiger partial charge in [-0.3, -0.25) is 4.79 Å². The molecule has 0 aliphatic rings. The first kappa shape index (κ1) is 10.9. The molecule has 2 nitrogen and oxygen atoms in total. The minimum atomic E-state index is 0.0968. The number of aryl methyl sites for hydroxylation is 1. The molecule has 0 bridgehead atoms. The zero-order chi connectivity index (χ0) is 10.4. The van der Waals surface area contributed by atoms with Crippen LogP contribution in [0.4, 0.5) is 0 Å². The molecule has 0 saturated heterocycles. The summed E-state index contributed by atoms with van der Waals surface area (Å²) in [5.41, 5.74) is 2.24. The minimum Gasteiger partial charge on any atom is -0.396 e. The molecule has 1 N–H and O–H groups in total. The van der Waals surface area contributed by atoms with Crippen LogP contribution in [-0.2, 0) is 11.2 Å². The summed E-state index contributed by atoms with van der Waals surface area (Å²) in [6, 6.07) is 7.96. The van der Waals surface area contributed by atoms with E-state index in [0.29, 0.717) is 19.3 Å². The number of ketones is 1. The number of rotatable bonds is 5. The molecule has 0 aromatic heterocycles. The van der Waals surface area contributed by atoms with Gasteiger partial charge in [-0.05, 0) is 18.9 Å². The molecule has 0 heterocycles. The molecule has 0 spiro atoms. The van der Waals surface area contributed by atoms with Gasteiger partial charge in [-0.15, -0.1) is 0 Å². The summed E-state index contributed by atoms with van der Waals surface area (Å²) in [6.45, 7) is 2.11. The molecule has 0 saturated carbocycles. The fraction of sp³-hybridized carbons (Fsp3) is 0.417. The fourth-order valence-electron chi connectivity index (χ4n) is 1.41. The Morgan fingerprint density at radius 3 is 2.86 bits per heavy atom. The zero-order valence-corrected chi connectivity index (χ0v) is 8.49. The summed E-state index contributed by atoms with van der Waals surface area (Å²) in [7, 11) is 0. The van der Waals surface area contributed by atoms with Gasteiger partial charge >= 0.3 is 0 Å². The molecule has 14 heavy (non-hydrogen) atoms. The molecule has 0 fully saturated rings. The third kappa shape index (κ3) is 3.71. The molecular formula is C12H16O2. The maximum absolute atomic E-state index is 11.4. The molecule has 0 aliphatic heterocycles. The number of aliphatic hydroxyl groups excluding tert-OH is 1. The maximum Gasteiger partial charge on any atom is 0.137 e. The van der Waals surface area contributed by atoms with Crippen molar-refractivity contribution in [3.05, 3.63) is 35.4 Å². The van der Waals surface area contributed by atoms with Gasteiger partial charge in [-0.1, -0.05) is 29.8 Å². The normalized spacial score (nSPS) is 10.1. The summed E-state index contributed by atoms with van der Waals surface area (Å²) < 4.78 is 0. The molecule has 1 aromatic rings. The van der Waals surface area contributed by atoms with Crippen molar-refractivity contribution >= 4 is 5.78 Å². The van der Waals surface area contributed by atoms with E-state index in [1.54, 1.807) is 0 Å². The maximum atomic E-state index is 11.4. The molecule has 76 valence electrons. The molecule has 1 rings (SSSR count). The summed E-state index contributed by atoms with van der Waals surface area (Å²) in [5.74, 6) is 0.199. The van der Waals surface area contributed by atoms with Crippen LogP contribution in [0.2, 0.25) is 0 Å². The highest BCUT2D eigenvalue weighted by molar-refractivity contribution is 5.80. The zero-order valence-electron chi connectivity index (χ0n) is 8.49. The van der Waals surface area contributed by atoms with Gasteiger partial charge < -0.3 is 5.11 Å². The van der Waals surface area contributed by atoms with Crippen molar-refractivity contribution in [1.82, 2.24) is 0 Å². The lowest BCUT2D eigenvalue weighted by atomic mass is 10.0. The van der Waals surface area contributed by atoms with Crippen LogP contribution in [-0.4, -0.2) is 17.5 Å². The monoisotopic (exact) mass is 192 g/mol. The molecule has 0 atom stereocenters. The summed E-state index contributed by atoms with van der Waals surface area (Å²) >= 11 is 0. The van der Waals surface area contributed by atoms with E-state index in [2.05, 4.69) is 0 Å². The van der Waals surface area contributed by atoms with E-state index >= 15 is 0 Å². The van der Waals surface area contributed by atoms with Gasteiger partial charge in [0.15, 0.2) is 0 Å². The number of carbonyl (C=O) groups is 1. The summed E-state index contributed by atoms with van der Waals surface area (Å²) in [5, 5.41) is 8.57. The fourth-order valence-corrected chi connectivity index (χ4v) is 1.41. The van der Waals surface area contributed by atoms with Crippen LogP contribution in [0.3, 0.4) is 0 Å². The Balaban J connectivity index is 2.47. The van der Waals surface area contributed by atoms with Crippen LogP contribution < -0.4 is 0 Å². The Morgan fingerprint density at radius 2 is 2.21 bits per heavy atom. The average molecular weight is 192 g/mol. The van der Waals surface area contributed by atoms with E-state index in [1.807, 2.05) is 31.2 Å². The van der Waals surface area contributed by atoms with Crippen LogP contribution in [0.1, 0.15) is 24.0 Å². The van der Waals surface area contributed by atoms with Gasteiger partial charge in [-0.25, -0.2) is 0 Å². The molecule has 0 amide bonds. The molecular weight excluding hydrogens is 176 g/mol. The van der Waals surface area contributed by atoms with Crippen LogP contribution in [0, 0.1) is 6.92 Å². The lowest BCUT2D eigenvalue weighted by molar-refractivity contribution is -0.118. The van der Waals surface area contributed by atoms with E-state index in [4.69, 9.17) is 5.11 Å². The first-order chi connectivity index (χ1) is 6.72. The second-order valence-corrected chi connectivity index (χ2v) is 3.53. The largest absolute Gasteiger partial charge is 0.396 e. The number of hydrogen-bond donors (Lipinski definition) is 1. The van der Waals surface area contributed by atoms with Crippen molar-refractivity contribution in [2.75, 3.05) is 6.61 Å². The molecule has 0 aliphatic carbocycles. The lowest BCUT2D eigenvalue weighted by Gasteiger charge is -2.01. The Bertz CT molecular complexity index is 305. The number of Topliss-reactive ketones (excluding diaryl/α,β-unsaturated/α-hetero) is 1. The number of carbonyl (C=O) groups excluding carboxylic acids is 1. The van der Waals surface area contributed by atoms with Crippen molar-refractivity contribution < 1.29 is 9.90 Å². The highest BCUT2D eigenvalue weighted by atomic mass is 16.3. The van der Waals surface area contributed by atoms with Crippen molar-refractivity contribution in [3.63, 3.8) is 0 Å². The predicted molar refractivity (Wildman–Crippen MR) is 56.2 cm³/mol. The Labute approximate surface area is 84.6 Å². The SMILES string of the molecule is Cc1cccc(CC(=O)CCCO)c1. The lowest BCUT2D eigenvalue weighted by Crippen LogP contribution is -2.03. The van der Waals surface area contributed by atoms with Gasteiger partial charge in [0.05, 0.1) is 0 Å². The van der Waals surface area contributed by atoms with Crippen LogP contribution in [0.5, 0.6) is 0 Å². The van der Waals surface area contributed by atoms with Crippen LogP contribution in [0.15, 0.2) is 24.3 Å². The predicted octanol–water partition coefficient (Wildman–Crippen LogP) is 1.88. The molecule has 1 aromatic carbocycles. The van der Waals surface area contributed by atoms with Gasteiger partial charge in [0.2, 0.25) is 0 Å².